The van der Waals surface area contributed by atoms with Crippen molar-refractivity contribution in [2.75, 3.05) is 13.6 Å². The van der Waals surface area contributed by atoms with Crippen molar-refractivity contribution in [2.45, 2.75) is 38.9 Å². The van der Waals surface area contributed by atoms with Gasteiger partial charge in [-0.05, 0) is 30.0 Å². The molecule has 3 rings (SSSR count). The minimum absolute atomic E-state index is 0.169. The second-order valence-electron chi connectivity index (χ2n) is 6.90. The van der Waals surface area contributed by atoms with Crippen LogP contribution in [0.15, 0.2) is 59.6 Å². The number of guanidine groups is 1. The monoisotopic (exact) mass is 364 g/mol. The molecule has 2 aromatic rings. The van der Waals surface area contributed by atoms with Crippen molar-refractivity contribution in [1.82, 2.24) is 15.5 Å². The third-order valence-corrected chi connectivity index (χ3v) is 4.93. The Bertz CT molecular complexity index is 763. The fraction of sp³-hybridized carbons (Fsp3) is 0.364. The van der Waals surface area contributed by atoms with Crippen LogP contribution in [0.3, 0.4) is 0 Å². The summed E-state index contributed by atoms with van der Waals surface area (Å²) in [6, 6.07) is 18.7. The Kier molecular flexibility index (Phi) is 6.47. The highest BCUT2D eigenvalue weighted by Crippen LogP contribution is 2.22. The highest BCUT2D eigenvalue weighted by molar-refractivity contribution is 5.80. The van der Waals surface area contributed by atoms with Gasteiger partial charge in [0.05, 0.1) is 6.04 Å². The van der Waals surface area contributed by atoms with Crippen LogP contribution in [0.2, 0.25) is 0 Å². The lowest BCUT2D eigenvalue weighted by atomic mass is 10.1. The highest BCUT2D eigenvalue weighted by Gasteiger charge is 2.22. The smallest absolute Gasteiger partial charge is 0.223 e. The molecule has 0 aliphatic carbocycles. The predicted octanol–water partition coefficient (Wildman–Crippen LogP) is 3.24. The molecule has 1 heterocycles. The molecule has 0 fully saturated rings. The van der Waals surface area contributed by atoms with Gasteiger partial charge in [-0.2, -0.15) is 0 Å². The minimum Gasteiger partial charge on any atom is -0.356 e. The summed E-state index contributed by atoms with van der Waals surface area (Å²) in [5.41, 5.74) is 3.75. The van der Waals surface area contributed by atoms with Crippen LogP contribution < -0.4 is 10.6 Å². The average molecular weight is 364 g/mol. The van der Waals surface area contributed by atoms with Gasteiger partial charge in [0.15, 0.2) is 5.96 Å². The van der Waals surface area contributed by atoms with Gasteiger partial charge in [-0.1, -0.05) is 54.6 Å². The number of carbonyl (C=O) groups is 1. The maximum absolute atomic E-state index is 12.4. The fourth-order valence-electron chi connectivity index (χ4n) is 3.34. The third kappa shape index (κ3) is 5.09. The van der Waals surface area contributed by atoms with E-state index in [0.717, 1.165) is 25.5 Å². The van der Waals surface area contributed by atoms with Crippen LogP contribution in [0.25, 0.3) is 0 Å². The van der Waals surface area contributed by atoms with Crippen molar-refractivity contribution >= 4 is 11.9 Å². The number of amides is 1. The number of aliphatic imine (C=N–C) groups is 1. The molecule has 5 heteroatoms. The molecule has 1 aliphatic rings. The molecular weight excluding hydrogens is 336 g/mol. The number of nitrogens with zero attached hydrogens (tertiary/aromatic N) is 2. The zero-order chi connectivity index (χ0) is 19.1. The van der Waals surface area contributed by atoms with E-state index in [9.17, 15) is 4.79 Å². The Hall–Kier alpha value is -2.82. The maximum atomic E-state index is 12.4. The van der Waals surface area contributed by atoms with E-state index in [-0.39, 0.29) is 11.9 Å². The third-order valence-electron chi connectivity index (χ3n) is 4.93. The number of benzene rings is 2. The summed E-state index contributed by atoms with van der Waals surface area (Å²) in [4.78, 5) is 18.7. The normalized spacial score (nSPS) is 14.6. The summed E-state index contributed by atoms with van der Waals surface area (Å²) in [5, 5.41) is 6.68. The van der Waals surface area contributed by atoms with E-state index in [0.29, 0.717) is 13.0 Å². The molecule has 1 amide bonds. The number of carbonyl (C=O) groups excluding carboxylic acids is 1. The van der Waals surface area contributed by atoms with E-state index in [2.05, 4.69) is 46.8 Å². The van der Waals surface area contributed by atoms with Gasteiger partial charge in [-0.3, -0.25) is 9.79 Å². The largest absolute Gasteiger partial charge is 0.356 e. The Morgan fingerprint density at radius 2 is 1.70 bits per heavy atom. The minimum atomic E-state index is 0.169. The standard InChI is InChI=1S/C22H28N4O/c1-17(18-9-4-3-5-10-18)25-22(23-2)24-14-8-13-21(27)26-15-19-11-6-7-12-20(19)16-26/h3-7,9-12,17H,8,13-16H2,1-2H3,(H2,23,24,25). The molecule has 5 nitrogen and oxygen atoms in total. The van der Waals surface area contributed by atoms with Crippen molar-refractivity contribution < 1.29 is 4.79 Å². The number of rotatable bonds is 6. The highest BCUT2D eigenvalue weighted by atomic mass is 16.2. The van der Waals surface area contributed by atoms with Crippen LogP contribution in [0.4, 0.5) is 0 Å². The molecule has 1 aliphatic heterocycles. The molecule has 0 saturated carbocycles. The first-order valence-electron chi connectivity index (χ1n) is 9.54. The van der Waals surface area contributed by atoms with Crippen LogP contribution in [0.1, 0.15) is 42.5 Å². The molecule has 2 aromatic carbocycles. The van der Waals surface area contributed by atoms with E-state index in [1.807, 2.05) is 35.2 Å². The first kappa shape index (κ1) is 19.0. The van der Waals surface area contributed by atoms with Crippen LogP contribution >= 0.6 is 0 Å². The second kappa shape index (κ2) is 9.21. The molecule has 142 valence electrons. The molecule has 1 unspecified atom stereocenters. The Balaban J connectivity index is 1.38. The molecule has 27 heavy (non-hydrogen) atoms. The van der Waals surface area contributed by atoms with E-state index < -0.39 is 0 Å². The van der Waals surface area contributed by atoms with Crippen molar-refractivity contribution in [2.24, 2.45) is 4.99 Å². The lowest BCUT2D eigenvalue weighted by Crippen LogP contribution is -2.39. The van der Waals surface area contributed by atoms with Crippen LogP contribution in [0.5, 0.6) is 0 Å². The summed E-state index contributed by atoms with van der Waals surface area (Å²) >= 11 is 0. The SMILES string of the molecule is CN=C(NCCCC(=O)N1Cc2ccccc2C1)NC(C)c1ccccc1. The zero-order valence-corrected chi connectivity index (χ0v) is 16.1. The summed E-state index contributed by atoms with van der Waals surface area (Å²) in [7, 11) is 1.76. The van der Waals surface area contributed by atoms with Gasteiger partial charge in [0.25, 0.3) is 0 Å². The van der Waals surface area contributed by atoms with Gasteiger partial charge in [0.2, 0.25) is 5.91 Å². The van der Waals surface area contributed by atoms with Gasteiger partial charge in [0.1, 0.15) is 0 Å². The lowest BCUT2D eigenvalue weighted by Gasteiger charge is -2.19. The first-order valence-corrected chi connectivity index (χ1v) is 9.54. The molecule has 0 aromatic heterocycles. The summed E-state index contributed by atoms with van der Waals surface area (Å²) in [5.74, 6) is 0.973. The Morgan fingerprint density at radius 3 is 2.33 bits per heavy atom. The van der Waals surface area contributed by atoms with Crippen molar-refractivity contribution in [3.63, 3.8) is 0 Å². The molecule has 0 saturated heterocycles. The van der Waals surface area contributed by atoms with Crippen LogP contribution in [0, 0.1) is 0 Å². The fourth-order valence-corrected chi connectivity index (χ4v) is 3.34. The summed E-state index contributed by atoms with van der Waals surface area (Å²) < 4.78 is 0. The van der Waals surface area contributed by atoms with E-state index in [1.54, 1.807) is 7.05 Å². The predicted molar refractivity (Wildman–Crippen MR) is 109 cm³/mol. The van der Waals surface area contributed by atoms with E-state index in [1.165, 1.54) is 16.7 Å². The van der Waals surface area contributed by atoms with Gasteiger partial charge in [-0.15, -0.1) is 0 Å². The molecular formula is C22H28N4O. The maximum Gasteiger partial charge on any atom is 0.223 e. The first-order chi connectivity index (χ1) is 13.2. The number of hydrogen-bond acceptors (Lipinski definition) is 2. The van der Waals surface area contributed by atoms with Crippen molar-refractivity contribution in [3.8, 4) is 0 Å². The van der Waals surface area contributed by atoms with Gasteiger partial charge >= 0.3 is 0 Å². The van der Waals surface area contributed by atoms with Crippen LogP contribution in [-0.4, -0.2) is 30.4 Å². The van der Waals surface area contributed by atoms with Gasteiger partial charge < -0.3 is 15.5 Å². The van der Waals surface area contributed by atoms with Gasteiger partial charge in [-0.25, -0.2) is 0 Å². The molecule has 2 N–H and O–H groups in total. The Morgan fingerprint density at radius 1 is 1.07 bits per heavy atom. The quantitative estimate of drug-likeness (QED) is 0.470. The second-order valence-corrected chi connectivity index (χ2v) is 6.90. The summed E-state index contributed by atoms with van der Waals surface area (Å²) in [6.45, 7) is 4.30. The lowest BCUT2D eigenvalue weighted by molar-refractivity contribution is -0.131. The van der Waals surface area contributed by atoms with Crippen molar-refractivity contribution in [1.29, 1.82) is 0 Å². The summed E-state index contributed by atoms with van der Waals surface area (Å²) in [6.07, 6.45) is 1.33. The molecule has 0 spiro atoms. The van der Waals surface area contributed by atoms with Crippen molar-refractivity contribution in [3.05, 3.63) is 71.3 Å². The molecule has 0 radical (unpaired) electrons. The molecule has 1 atom stereocenters. The number of hydrogen-bond donors (Lipinski definition) is 2. The molecule has 0 bridgehead atoms. The topological polar surface area (TPSA) is 56.7 Å². The average Bonchev–Trinajstić information content (AvgIpc) is 3.15. The van der Waals surface area contributed by atoms with Crippen LogP contribution in [-0.2, 0) is 17.9 Å². The number of nitrogens with one attached hydrogen (secondary N) is 2. The number of fused-ring (bicyclic) bond motifs is 1. The zero-order valence-electron chi connectivity index (χ0n) is 16.1. The van der Waals surface area contributed by atoms with Gasteiger partial charge in [0, 0.05) is 33.1 Å². The van der Waals surface area contributed by atoms with E-state index >= 15 is 0 Å². The Labute approximate surface area is 161 Å². The van der Waals surface area contributed by atoms with E-state index in [4.69, 9.17) is 0 Å².